The average molecular weight is 406 g/mol. The Balaban J connectivity index is 1.71. The third-order valence-corrected chi connectivity index (χ3v) is 6.36. The van der Waals surface area contributed by atoms with Gasteiger partial charge in [0, 0.05) is 19.1 Å². The van der Waals surface area contributed by atoms with Crippen molar-refractivity contribution in [1.29, 1.82) is 5.26 Å². The molecule has 1 saturated carbocycles. The molecule has 2 fully saturated rings. The Morgan fingerprint density at radius 3 is 2.37 bits per heavy atom. The van der Waals surface area contributed by atoms with Crippen molar-refractivity contribution in [1.82, 2.24) is 15.3 Å². The van der Waals surface area contributed by atoms with E-state index in [1.165, 1.54) is 12.8 Å². The number of hydrogen-bond acceptors (Lipinski definition) is 5. The Hall–Kier alpha value is -2.68. The number of fused-ring (bicyclic) bond motifs is 1. The number of hydrogen-bond donors (Lipinski definition) is 1. The predicted octanol–water partition coefficient (Wildman–Crippen LogP) is 4.17. The van der Waals surface area contributed by atoms with Gasteiger partial charge in [-0.1, -0.05) is 45.2 Å². The minimum atomic E-state index is -0.952. The van der Waals surface area contributed by atoms with Gasteiger partial charge in [0.05, 0.1) is 17.1 Å². The summed E-state index contributed by atoms with van der Waals surface area (Å²) in [4.78, 5) is 25.0. The zero-order valence-electron chi connectivity index (χ0n) is 18.0. The van der Waals surface area contributed by atoms with Gasteiger partial charge in [-0.3, -0.25) is 4.79 Å². The number of benzene rings is 1. The van der Waals surface area contributed by atoms with Gasteiger partial charge in [0.25, 0.3) is 0 Å². The Morgan fingerprint density at radius 1 is 1.10 bits per heavy atom. The first-order valence-electron chi connectivity index (χ1n) is 11.3. The molecule has 1 aromatic carbocycles. The lowest BCUT2D eigenvalue weighted by atomic mass is 9.91. The molecule has 0 spiro atoms. The fourth-order valence-electron chi connectivity index (χ4n) is 5.04. The van der Waals surface area contributed by atoms with E-state index in [0.29, 0.717) is 23.3 Å². The largest absolute Gasteiger partial charge is 0.355 e. The highest BCUT2D eigenvalue weighted by Crippen LogP contribution is 2.32. The molecule has 0 bridgehead atoms. The standard InChI is InChI=1S/C24H31N5O/c1-16-12-17(2)15-29(14-16)23-22(27-20-10-6-7-11-21(20)28-23)19(13-25)24(30)26-18-8-4-3-5-9-18/h6-7,10-11,16-19H,3-5,8-9,12,14-15H2,1-2H3,(H,26,30). The number of carbonyl (C=O) groups is 1. The number of aromatic nitrogens is 2. The Kier molecular flexibility index (Phi) is 6.17. The molecule has 4 rings (SSSR count). The second-order valence-electron chi connectivity index (χ2n) is 9.18. The van der Waals surface area contributed by atoms with Crippen LogP contribution in [-0.2, 0) is 4.79 Å². The van der Waals surface area contributed by atoms with E-state index >= 15 is 0 Å². The third kappa shape index (κ3) is 4.40. The lowest BCUT2D eigenvalue weighted by molar-refractivity contribution is -0.122. The number of nitriles is 1. The Bertz CT molecular complexity index is 936. The molecule has 1 saturated heterocycles. The van der Waals surface area contributed by atoms with Crippen LogP contribution in [-0.4, -0.2) is 35.0 Å². The molecule has 1 aromatic heterocycles. The van der Waals surface area contributed by atoms with Crippen molar-refractivity contribution in [3.05, 3.63) is 30.0 Å². The zero-order chi connectivity index (χ0) is 21.1. The molecule has 2 aromatic rings. The fourth-order valence-corrected chi connectivity index (χ4v) is 5.04. The summed E-state index contributed by atoms with van der Waals surface area (Å²) in [5.74, 6) is 0.565. The second-order valence-corrected chi connectivity index (χ2v) is 9.18. The van der Waals surface area contributed by atoms with Crippen molar-refractivity contribution < 1.29 is 4.79 Å². The monoisotopic (exact) mass is 405 g/mol. The van der Waals surface area contributed by atoms with E-state index in [4.69, 9.17) is 9.97 Å². The molecule has 3 unspecified atom stereocenters. The normalized spacial score (nSPS) is 23.7. The second kappa shape index (κ2) is 8.99. The maximum Gasteiger partial charge on any atom is 0.243 e. The first kappa shape index (κ1) is 20.6. The van der Waals surface area contributed by atoms with Gasteiger partial charge >= 0.3 is 0 Å². The predicted molar refractivity (Wildman–Crippen MR) is 118 cm³/mol. The fraction of sp³-hybridized carbons (Fsp3) is 0.583. The van der Waals surface area contributed by atoms with Gasteiger partial charge in [-0.2, -0.15) is 5.26 Å². The Morgan fingerprint density at radius 2 is 1.73 bits per heavy atom. The third-order valence-electron chi connectivity index (χ3n) is 6.36. The van der Waals surface area contributed by atoms with E-state index in [2.05, 4.69) is 30.1 Å². The summed E-state index contributed by atoms with van der Waals surface area (Å²) < 4.78 is 0. The van der Waals surface area contributed by atoms with Gasteiger partial charge in [-0.15, -0.1) is 0 Å². The molecule has 6 heteroatoms. The van der Waals surface area contributed by atoms with Crippen LogP contribution in [0.25, 0.3) is 11.0 Å². The maximum atomic E-state index is 13.1. The van der Waals surface area contributed by atoms with E-state index in [1.54, 1.807) is 0 Å². The molecule has 1 aliphatic carbocycles. The molecule has 2 aliphatic rings. The molecule has 6 nitrogen and oxygen atoms in total. The van der Waals surface area contributed by atoms with Crippen LogP contribution >= 0.6 is 0 Å². The summed E-state index contributed by atoms with van der Waals surface area (Å²) in [7, 11) is 0. The topological polar surface area (TPSA) is 81.9 Å². The van der Waals surface area contributed by atoms with Crippen LogP contribution in [0.5, 0.6) is 0 Å². The highest BCUT2D eigenvalue weighted by atomic mass is 16.2. The number of rotatable bonds is 4. The van der Waals surface area contributed by atoms with Crippen molar-refractivity contribution >= 4 is 22.8 Å². The number of para-hydroxylation sites is 2. The number of amides is 1. The van der Waals surface area contributed by atoms with Crippen molar-refractivity contribution in [2.75, 3.05) is 18.0 Å². The molecule has 30 heavy (non-hydrogen) atoms. The van der Waals surface area contributed by atoms with Crippen LogP contribution in [0.4, 0.5) is 5.82 Å². The van der Waals surface area contributed by atoms with Gasteiger partial charge < -0.3 is 10.2 Å². The molecule has 1 N–H and O–H groups in total. The van der Waals surface area contributed by atoms with Gasteiger partial charge in [0.2, 0.25) is 5.91 Å². The lowest BCUT2D eigenvalue weighted by Crippen LogP contribution is -2.42. The lowest BCUT2D eigenvalue weighted by Gasteiger charge is -2.37. The van der Waals surface area contributed by atoms with E-state index in [-0.39, 0.29) is 11.9 Å². The van der Waals surface area contributed by atoms with Gasteiger partial charge in [-0.25, -0.2) is 9.97 Å². The van der Waals surface area contributed by atoms with Crippen molar-refractivity contribution in [3.63, 3.8) is 0 Å². The molecular formula is C24H31N5O. The summed E-state index contributed by atoms with van der Waals surface area (Å²) in [6.45, 7) is 6.22. The first-order chi connectivity index (χ1) is 14.5. The van der Waals surface area contributed by atoms with Crippen LogP contribution in [0.3, 0.4) is 0 Å². The smallest absolute Gasteiger partial charge is 0.243 e. The van der Waals surface area contributed by atoms with Crippen molar-refractivity contribution in [2.45, 2.75) is 64.3 Å². The van der Waals surface area contributed by atoms with Crippen molar-refractivity contribution in [3.8, 4) is 6.07 Å². The average Bonchev–Trinajstić information content (AvgIpc) is 2.74. The van der Waals surface area contributed by atoms with E-state index in [9.17, 15) is 10.1 Å². The van der Waals surface area contributed by atoms with Crippen LogP contribution < -0.4 is 10.2 Å². The van der Waals surface area contributed by atoms with Crippen molar-refractivity contribution in [2.24, 2.45) is 11.8 Å². The van der Waals surface area contributed by atoms with Crippen LogP contribution in [0, 0.1) is 23.2 Å². The molecular weight excluding hydrogens is 374 g/mol. The number of piperidine rings is 1. The molecule has 2 heterocycles. The summed E-state index contributed by atoms with van der Waals surface area (Å²) >= 11 is 0. The summed E-state index contributed by atoms with van der Waals surface area (Å²) in [6.07, 6.45) is 6.64. The SMILES string of the molecule is CC1CC(C)CN(c2nc3ccccc3nc2C(C#N)C(=O)NC2CCCCC2)C1. The summed E-state index contributed by atoms with van der Waals surface area (Å²) in [6, 6.07) is 10.1. The molecule has 158 valence electrons. The number of anilines is 1. The molecule has 1 aliphatic heterocycles. The molecule has 3 atom stereocenters. The van der Waals surface area contributed by atoms with Gasteiger partial charge in [-0.05, 0) is 43.2 Å². The van der Waals surface area contributed by atoms with Crippen LogP contribution in [0.15, 0.2) is 24.3 Å². The van der Waals surface area contributed by atoms with E-state index < -0.39 is 5.92 Å². The zero-order valence-corrected chi connectivity index (χ0v) is 18.0. The Labute approximate surface area is 178 Å². The van der Waals surface area contributed by atoms with E-state index in [0.717, 1.165) is 49.8 Å². The molecule has 0 radical (unpaired) electrons. The van der Waals surface area contributed by atoms with Gasteiger partial charge in [0.15, 0.2) is 11.7 Å². The highest BCUT2D eigenvalue weighted by Gasteiger charge is 2.32. The number of nitrogens with zero attached hydrogens (tertiary/aromatic N) is 4. The summed E-state index contributed by atoms with van der Waals surface area (Å²) in [5.41, 5.74) is 2.01. The maximum absolute atomic E-state index is 13.1. The highest BCUT2D eigenvalue weighted by molar-refractivity contribution is 5.89. The minimum absolute atomic E-state index is 0.161. The quantitative estimate of drug-likeness (QED) is 0.826. The van der Waals surface area contributed by atoms with Crippen LogP contribution in [0.2, 0.25) is 0 Å². The first-order valence-corrected chi connectivity index (χ1v) is 11.3. The van der Waals surface area contributed by atoms with Gasteiger partial charge in [0.1, 0.15) is 5.69 Å². The molecule has 1 amide bonds. The number of nitrogens with one attached hydrogen (secondary N) is 1. The van der Waals surface area contributed by atoms with Crippen LogP contribution in [0.1, 0.15) is 64.0 Å². The van der Waals surface area contributed by atoms with E-state index in [1.807, 2.05) is 24.3 Å². The minimum Gasteiger partial charge on any atom is -0.355 e. The number of carbonyl (C=O) groups excluding carboxylic acids is 1. The summed E-state index contributed by atoms with van der Waals surface area (Å²) in [5, 5.41) is 13.1.